The molecule has 0 fully saturated rings. The van der Waals surface area contributed by atoms with Gasteiger partial charge in [-0.2, -0.15) is 0 Å². The van der Waals surface area contributed by atoms with Crippen molar-refractivity contribution >= 4 is 16.3 Å². The van der Waals surface area contributed by atoms with Crippen LogP contribution in [-0.2, 0) is 10.0 Å². The number of aromatic nitrogens is 1. The van der Waals surface area contributed by atoms with E-state index >= 15 is 0 Å². The third kappa shape index (κ3) is 2.63. The molecule has 0 saturated heterocycles. The van der Waals surface area contributed by atoms with Gasteiger partial charge in [0.1, 0.15) is 16.5 Å². The third-order valence-electron chi connectivity index (χ3n) is 3.47. The van der Waals surface area contributed by atoms with Gasteiger partial charge in [0.25, 0.3) is 10.0 Å². The van der Waals surface area contributed by atoms with Gasteiger partial charge < -0.3 is 0 Å². The number of carbonyl (C=O) groups excluding carboxylic acids is 1. The SMILES string of the molecule is O=Cc1cc(-c2ccccc2F)n(S(=O)(=O)c2ccccc2F)c1. The lowest BCUT2D eigenvalue weighted by atomic mass is 10.1. The van der Waals surface area contributed by atoms with E-state index < -0.39 is 26.6 Å². The van der Waals surface area contributed by atoms with Crippen molar-refractivity contribution in [1.29, 1.82) is 0 Å². The molecule has 3 rings (SSSR count). The molecule has 2 aromatic carbocycles. The second-order valence-corrected chi connectivity index (χ2v) is 6.77. The molecule has 0 radical (unpaired) electrons. The molecule has 0 atom stereocenters. The Labute approximate surface area is 137 Å². The molecular weight excluding hydrogens is 336 g/mol. The second kappa shape index (κ2) is 6.01. The molecular formula is C17H11F2NO3S. The third-order valence-corrected chi connectivity index (χ3v) is 5.17. The van der Waals surface area contributed by atoms with Crippen LogP contribution in [0.1, 0.15) is 10.4 Å². The first-order valence-corrected chi connectivity index (χ1v) is 8.31. The van der Waals surface area contributed by atoms with Gasteiger partial charge in [-0.3, -0.25) is 4.79 Å². The molecule has 0 aliphatic carbocycles. The molecule has 0 aliphatic rings. The van der Waals surface area contributed by atoms with Crippen LogP contribution >= 0.6 is 0 Å². The van der Waals surface area contributed by atoms with Crippen molar-refractivity contribution in [2.75, 3.05) is 0 Å². The largest absolute Gasteiger partial charge is 0.298 e. The van der Waals surface area contributed by atoms with Gasteiger partial charge in [0.15, 0.2) is 6.29 Å². The van der Waals surface area contributed by atoms with E-state index in [1.54, 1.807) is 0 Å². The summed E-state index contributed by atoms with van der Waals surface area (Å²) in [6.07, 6.45) is 1.48. The molecule has 24 heavy (non-hydrogen) atoms. The highest BCUT2D eigenvalue weighted by molar-refractivity contribution is 7.90. The first-order valence-electron chi connectivity index (χ1n) is 6.87. The summed E-state index contributed by atoms with van der Waals surface area (Å²) in [5.41, 5.74) is -0.0304. The summed E-state index contributed by atoms with van der Waals surface area (Å²) in [5, 5.41) is 0. The van der Waals surface area contributed by atoms with Crippen LogP contribution in [0.3, 0.4) is 0 Å². The van der Waals surface area contributed by atoms with Crippen LogP contribution in [0.25, 0.3) is 11.3 Å². The Kier molecular flexibility index (Phi) is 4.02. The zero-order chi connectivity index (χ0) is 17.3. The Morgan fingerprint density at radius 1 is 0.917 bits per heavy atom. The lowest BCUT2D eigenvalue weighted by Crippen LogP contribution is -2.15. The summed E-state index contributed by atoms with van der Waals surface area (Å²) in [6, 6.07) is 11.6. The highest BCUT2D eigenvalue weighted by Gasteiger charge is 2.25. The fourth-order valence-corrected chi connectivity index (χ4v) is 3.80. The lowest BCUT2D eigenvalue weighted by molar-refractivity contribution is 0.112. The maximum atomic E-state index is 14.1. The maximum Gasteiger partial charge on any atom is 0.271 e. The standard InChI is InChI=1S/C17H11F2NO3S/c18-14-6-2-1-5-13(14)16-9-12(11-21)10-20(16)24(22,23)17-8-4-3-7-15(17)19/h1-11H. The summed E-state index contributed by atoms with van der Waals surface area (Å²) in [4.78, 5) is 10.5. The number of carbonyl (C=O) groups is 1. The van der Waals surface area contributed by atoms with E-state index in [1.807, 2.05) is 0 Å². The molecule has 0 spiro atoms. The first-order chi connectivity index (χ1) is 11.4. The quantitative estimate of drug-likeness (QED) is 0.679. The fraction of sp³-hybridized carbons (Fsp3) is 0. The van der Waals surface area contributed by atoms with Crippen molar-refractivity contribution in [3.63, 3.8) is 0 Å². The van der Waals surface area contributed by atoms with Crippen molar-refractivity contribution in [3.05, 3.63) is 78.0 Å². The highest BCUT2D eigenvalue weighted by Crippen LogP contribution is 2.29. The average molecular weight is 347 g/mol. The predicted octanol–water partition coefficient (Wildman–Crippen LogP) is 3.48. The van der Waals surface area contributed by atoms with Gasteiger partial charge in [0.2, 0.25) is 0 Å². The second-order valence-electron chi connectivity index (χ2n) is 4.99. The van der Waals surface area contributed by atoms with Crippen molar-refractivity contribution in [1.82, 2.24) is 3.97 Å². The number of hydrogen-bond acceptors (Lipinski definition) is 3. The van der Waals surface area contributed by atoms with E-state index in [9.17, 15) is 22.0 Å². The van der Waals surface area contributed by atoms with Crippen LogP contribution in [0.4, 0.5) is 8.78 Å². The molecule has 0 aliphatic heterocycles. The van der Waals surface area contributed by atoms with E-state index in [-0.39, 0.29) is 16.8 Å². The van der Waals surface area contributed by atoms with Crippen LogP contribution in [0.5, 0.6) is 0 Å². The van der Waals surface area contributed by atoms with E-state index in [2.05, 4.69) is 0 Å². The Morgan fingerprint density at radius 2 is 1.54 bits per heavy atom. The normalized spacial score (nSPS) is 11.4. The van der Waals surface area contributed by atoms with Crippen LogP contribution < -0.4 is 0 Å². The molecule has 1 aromatic heterocycles. The first kappa shape index (κ1) is 16.1. The van der Waals surface area contributed by atoms with Crippen molar-refractivity contribution in [2.45, 2.75) is 4.90 Å². The monoisotopic (exact) mass is 347 g/mol. The zero-order valence-corrected chi connectivity index (χ0v) is 13.0. The minimum absolute atomic E-state index is 0.00878. The number of aldehydes is 1. The highest BCUT2D eigenvalue weighted by atomic mass is 32.2. The average Bonchev–Trinajstić information content (AvgIpc) is 3.00. The molecule has 0 amide bonds. The van der Waals surface area contributed by atoms with Gasteiger partial charge in [-0.05, 0) is 30.3 Å². The number of nitrogens with zero attached hydrogens (tertiary/aromatic N) is 1. The number of benzene rings is 2. The smallest absolute Gasteiger partial charge is 0.271 e. The van der Waals surface area contributed by atoms with Crippen LogP contribution in [-0.4, -0.2) is 18.7 Å². The van der Waals surface area contributed by atoms with Gasteiger partial charge in [-0.1, -0.05) is 24.3 Å². The Bertz CT molecular complexity index is 1030. The van der Waals surface area contributed by atoms with Crippen LogP contribution in [0, 0.1) is 11.6 Å². The fourth-order valence-electron chi connectivity index (χ4n) is 2.35. The van der Waals surface area contributed by atoms with Crippen molar-refractivity contribution in [2.24, 2.45) is 0 Å². The molecule has 0 saturated carbocycles. The number of rotatable bonds is 4. The zero-order valence-electron chi connectivity index (χ0n) is 12.2. The molecule has 3 aromatic rings. The van der Waals surface area contributed by atoms with Crippen LogP contribution in [0.15, 0.2) is 65.7 Å². The molecule has 4 nitrogen and oxygen atoms in total. The molecule has 122 valence electrons. The van der Waals surface area contributed by atoms with Crippen molar-refractivity contribution in [3.8, 4) is 11.3 Å². The number of hydrogen-bond donors (Lipinski definition) is 0. The Morgan fingerprint density at radius 3 is 2.17 bits per heavy atom. The lowest BCUT2D eigenvalue weighted by Gasteiger charge is -2.11. The Balaban J connectivity index is 2.29. The minimum Gasteiger partial charge on any atom is -0.298 e. The van der Waals surface area contributed by atoms with Gasteiger partial charge in [-0.15, -0.1) is 0 Å². The molecule has 1 heterocycles. The van der Waals surface area contributed by atoms with Gasteiger partial charge in [-0.25, -0.2) is 21.2 Å². The minimum atomic E-state index is -4.34. The topological polar surface area (TPSA) is 56.1 Å². The van der Waals surface area contributed by atoms with Crippen molar-refractivity contribution < 1.29 is 22.0 Å². The molecule has 0 bridgehead atoms. The van der Waals surface area contributed by atoms with E-state index in [1.165, 1.54) is 42.5 Å². The molecule has 7 heteroatoms. The molecule has 0 unspecified atom stereocenters. The summed E-state index contributed by atoms with van der Waals surface area (Å²) in [7, 11) is -4.34. The van der Waals surface area contributed by atoms with Gasteiger partial charge in [0.05, 0.1) is 5.69 Å². The van der Waals surface area contributed by atoms with Crippen LogP contribution in [0.2, 0.25) is 0 Å². The van der Waals surface area contributed by atoms with E-state index in [0.717, 1.165) is 18.3 Å². The molecule has 0 N–H and O–H groups in total. The maximum absolute atomic E-state index is 14.1. The Hall–Kier alpha value is -2.80. The summed E-state index contributed by atoms with van der Waals surface area (Å²) in [5.74, 6) is -1.59. The summed E-state index contributed by atoms with van der Waals surface area (Å²) in [6.45, 7) is 0. The van der Waals surface area contributed by atoms with Gasteiger partial charge in [0, 0.05) is 17.3 Å². The number of halogens is 2. The van der Waals surface area contributed by atoms with E-state index in [0.29, 0.717) is 10.3 Å². The van der Waals surface area contributed by atoms with Gasteiger partial charge >= 0.3 is 0 Å². The predicted molar refractivity (Wildman–Crippen MR) is 84.2 cm³/mol. The summed E-state index contributed by atoms with van der Waals surface area (Å²) < 4.78 is 54.3. The van der Waals surface area contributed by atoms with E-state index in [4.69, 9.17) is 0 Å². The summed E-state index contributed by atoms with van der Waals surface area (Å²) >= 11 is 0.